The summed E-state index contributed by atoms with van der Waals surface area (Å²) >= 11 is 3.47. The molecule has 17 heavy (non-hydrogen) atoms. The number of hydrogen-bond donors (Lipinski definition) is 0. The monoisotopic (exact) mass is 287 g/mol. The average Bonchev–Trinajstić information content (AvgIpc) is 3.11. The van der Waals surface area contributed by atoms with E-state index in [-0.39, 0.29) is 0 Å². The Morgan fingerprint density at radius 2 is 1.71 bits per heavy atom. The van der Waals surface area contributed by atoms with E-state index in [4.69, 9.17) is 0 Å². The number of nitrogens with zero attached hydrogens (tertiary/aromatic N) is 1. The first-order valence-corrected chi connectivity index (χ1v) is 6.66. The molecule has 0 radical (unpaired) electrons. The lowest BCUT2D eigenvalue weighted by Gasteiger charge is -2.04. The third kappa shape index (κ3) is 2.59. The van der Waals surface area contributed by atoms with Crippen LogP contribution in [0.2, 0.25) is 0 Å². The summed E-state index contributed by atoms with van der Waals surface area (Å²) in [6, 6.07) is 19.9. The van der Waals surface area contributed by atoms with Gasteiger partial charge in [0.15, 0.2) is 0 Å². The highest BCUT2D eigenvalue weighted by Crippen LogP contribution is 2.36. The summed E-state index contributed by atoms with van der Waals surface area (Å²) in [6.07, 6.45) is 0. The lowest BCUT2D eigenvalue weighted by molar-refractivity contribution is 0.509. The summed E-state index contributed by atoms with van der Waals surface area (Å²) in [5.74, 6) is 0. The van der Waals surface area contributed by atoms with Gasteiger partial charge in [-0.3, -0.25) is 4.90 Å². The highest BCUT2D eigenvalue weighted by Gasteiger charge is 2.34. The fraction of sp³-hybridized carbons (Fsp3) is 0.200. The number of halogens is 1. The van der Waals surface area contributed by atoms with Gasteiger partial charge >= 0.3 is 0 Å². The Morgan fingerprint density at radius 1 is 1.00 bits per heavy atom. The Balaban J connectivity index is 1.65. The van der Waals surface area contributed by atoms with Crippen molar-refractivity contribution in [1.82, 2.24) is 4.90 Å². The van der Waals surface area contributed by atoms with Gasteiger partial charge in [-0.25, -0.2) is 0 Å². The van der Waals surface area contributed by atoms with Gasteiger partial charge in [0, 0.05) is 23.6 Å². The van der Waals surface area contributed by atoms with Crippen LogP contribution in [0.4, 0.5) is 0 Å². The molecule has 3 rings (SSSR count). The zero-order valence-corrected chi connectivity index (χ0v) is 11.1. The van der Waals surface area contributed by atoms with Crippen molar-refractivity contribution in [2.75, 3.05) is 6.54 Å². The number of rotatable bonds is 3. The standard InChI is InChI=1S/C15H14BrN/c16-14-8-6-13(7-9-14)15-11-17(15)10-12-4-2-1-3-5-12/h1-9,15H,10-11H2. The average molecular weight is 288 g/mol. The fourth-order valence-corrected chi connectivity index (χ4v) is 2.43. The van der Waals surface area contributed by atoms with Crippen molar-refractivity contribution in [3.05, 3.63) is 70.2 Å². The van der Waals surface area contributed by atoms with E-state index in [0.717, 1.165) is 11.0 Å². The Bertz CT molecular complexity index is 492. The van der Waals surface area contributed by atoms with Crippen LogP contribution in [0, 0.1) is 0 Å². The van der Waals surface area contributed by atoms with Crippen molar-refractivity contribution in [3.63, 3.8) is 0 Å². The van der Waals surface area contributed by atoms with E-state index in [1.165, 1.54) is 17.7 Å². The predicted octanol–water partition coefficient (Wildman–Crippen LogP) is 4.01. The van der Waals surface area contributed by atoms with Gasteiger partial charge in [-0.15, -0.1) is 0 Å². The van der Waals surface area contributed by atoms with Crippen molar-refractivity contribution in [3.8, 4) is 0 Å². The maximum atomic E-state index is 3.47. The number of benzene rings is 2. The molecule has 1 saturated heterocycles. The van der Waals surface area contributed by atoms with Crippen molar-refractivity contribution >= 4 is 15.9 Å². The second kappa shape index (κ2) is 4.63. The molecule has 1 heterocycles. The largest absolute Gasteiger partial charge is 0.289 e. The van der Waals surface area contributed by atoms with Crippen molar-refractivity contribution in [2.45, 2.75) is 12.6 Å². The minimum absolute atomic E-state index is 0.614. The normalized spacial score (nSPS) is 22.4. The molecular weight excluding hydrogens is 274 g/mol. The highest BCUT2D eigenvalue weighted by molar-refractivity contribution is 9.10. The van der Waals surface area contributed by atoms with Gasteiger partial charge < -0.3 is 0 Å². The van der Waals surface area contributed by atoms with Crippen LogP contribution in [0.15, 0.2) is 59.1 Å². The second-order valence-electron chi connectivity index (χ2n) is 4.48. The Labute approximate surface area is 110 Å². The molecule has 1 nitrogen and oxygen atoms in total. The van der Waals surface area contributed by atoms with Crippen molar-refractivity contribution < 1.29 is 0 Å². The van der Waals surface area contributed by atoms with Crippen LogP contribution in [0.3, 0.4) is 0 Å². The summed E-state index contributed by atoms with van der Waals surface area (Å²) in [5.41, 5.74) is 2.82. The van der Waals surface area contributed by atoms with E-state index >= 15 is 0 Å². The van der Waals surface area contributed by atoms with E-state index in [2.05, 4.69) is 75.4 Å². The molecule has 0 aliphatic carbocycles. The Kier molecular flexibility index (Phi) is 3.00. The third-order valence-electron chi connectivity index (χ3n) is 3.20. The van der Waals surface area contributed by atoms with Gasteiger partial charge in [0.2, 0.25) is 0 Å². The van der Waals surface area contributed by atoms with Crippen LogP contribution >= 0.6 is 15.9 Å². The van der Waals surface area contributed by atoms with E-state index in [0.29, 0.717) is 6.04 Å². The molecule has 1 aliphatic rings. The molecule has 2 unspecified atom stereocenters. The molecule has 0 N–H and O–H groups in total. The molecule has 2 atom stereocenters. The van der Waals surface area contributed by atoms with Crippen LogP contribution in [0.5, 0.6) is 0 Å². The number of hydrogen-bond acceptors (Lipinski definition) is 1. The lowest BCUT2D eigenvalue weighted by atomic mass is 10.1. The summed E-state index contributed by atoms with van der Waals surface area (Å²) in [5, 5.41) is 0. The molecule has 1 fully saturated rings. The smallest absolute Gasteiger partial charge is 0.0479 e. The first-order valence-electron chi connectivity index (χ1n) is 5.86. The zero-order valence-electron chi connectivity index (χ0n) is 9.51. The maximum Gasteiger partial charge on any atom is 0.0479 e. The first kappa shape index (κ1) is 11.0. The van der Waals surface area contributed by atoms with E-state index in [1.54, 1.807) is 0 Å². The second-order valence-corrected chi connectivity index (χ2v) is 5.40. The quantitative estimate of drug-likeness (QED) is 0.771. The van der Waals surface area contributed by atoms with Crippen LogP contribution in [0.1, 0.15) is 17.2 Å². The summed E-state index contributed by atoms with van der Waals surface area (Å²) < 4.78 is 1.15. The van der Waals surface area contributed by atoms with Crippen LogP contribution in [0.25, 0.3) is 0 Å². The maximum absolute atomic E-state index is 3.47. The molecule has 2 aromatic carbocycles. The first-order chi connectivity index (χ1) is 8.33. The molecule has 0 amide bonds. The fourth-order valence-electron chi connectivity index (χ4n) is 2.17. The Hall–Kier alpha value is -1.12. The molecule has 0 bridgehead atoms. The van der Waals surface area contributed by atoms with Crippen LogP contribution in [-0.4, -0.2) is 11.4 Å². The molecule has 86 valence electrons. The summed E-state index contributed by atoms with van der Waals surface area (Å²) in [4.78, 5) is 2.48. The van der Waals surface area contributed by atoms with Crippen LogP contribution in [-0.2, 0) is 6.54 Å². The van der Waals surface area contributed by atoms with Crippen molar-refractivity contribution in [2.24, 2.45) is 0 Å². The van der Waals surface area contributed by atoms with E-state index in [1.807, 2.05) is 0 Å². The molecule has 1 aliphatic heterocycles. The minimum atomic E-state index is 0.614. The van der Waals surface area contributed by atoms with Gasteiger partial charge in [0.05, 0.1) is 0 Å². The zero-order chi connectivity index (χ0) is 11.7. The topological polar surface area (TPSA) is 3.01 Å². The molecule has 2 heteroatoms. The SMILES string of the molecule is Brc1ccc(C2CN2Cc2ccccc2)cc1. The third-order valence-corrected chi connectivity index (χ3v) is 3.73. The van der Waals surface area contributed by atoms with Gasteiger partial charge in [0.25, 0.3) is 0 Å². The van der Waals surface area contributed by atoms with E-state index in [9.17, 15) is 0 Å². The van der Waals surface area contributed by atoms with Gasteiger partial charge in [-0.2, -0.15) is 0 Å². The molecule has 2 aromatic rings. The summed E-state index contributed by atoms with van der Waals surface area (Å²) in [7, 11) is 0. The van der Waals surface area contributed by atoms with Gasteiger partial charge in [-0.05, 0) is 23.3 Å². The lowest BCUT2D eigenvalue weighted by Crippen LogP contribution is -1.98. The predicted molar refractivity (Wildman–Crippen MR) is 73.7 cm³/mol. The van der Waals surface area contributed by atoms with Gasteiger partial charge in [0.1, 0.15) is 0 Å². The minimum Gasteiger partial charge on any atom is -0.289 e. The van der Waals surface area contributed by atoms with E-state index < -0.39 is 0 Å². The van der Waals surface area contributed by atoms with Gasteiger partial charge in [-0.1, -0.05) is 58.4 Å². The Morgan fingerprint density at radius 3 is 2.41 bits per heavy atom. The molecular formula is C15H14BrN. The molecule has 0 saturated carbocycles. The highest BCUT2D eigenvalue weighted by atomic mass is 79.9. The van der Waals surface area contributed by atoms with Crippen molar-refractivity contribution in [1.29, 1.82) is 0 Å². The van der Waals surface area contributed by atoms with Crippen LogP contribution < -0.4 is 0 Å². The molecule has 0 spiro atoms. The summed E-state index contributed by atoms with van der Waals surface area (Å²) in [6.45, 7) is 2.23. The molecule has 0 aromatic heterocycles.